The molecule has 0 saturated carbocycles. The minimum absolute atomic E-state index is 0.348. The average molecular weight is 193 g/mol. The van der Waals surface area contributed by atoms with Crippen LogP contribution in [0, 0.1) is 13.8 Å². The summed E-state index contributed by atoms with van der Waals surface area (Å²) in [7, 11) is 3.32. The predicted octanol–water partition coefficient (Wildman–Crippen LogP) is 2.36. The summed E-state index contributed by atoms with van der Waals surface area (Å²) in [6.45, 7) is 3.93. The van der Waals surface area contributed by atoms with Crippen LogP contribution in [0.5, 0.6) is 5.75 Å². The second-order valence-electron chi connectivity index (χ2n) is 3.46. The van der Waals surface area contributed by atoms with Gasteiger partial charge >= 0.3 is 6.09 Å². The molecule has 0 heterocycles. The van der Waals surface area contributed by atoms with Crippen LogP contribution in [0.25, 0.3) is 0 Å². The van der Waals surface area contributed by atoms with Gasteiger partial charge < -0.3 is 9.64 Å². The van der Waals surface area contributed by atoms with Gasteiger partial charge in [0, 0.05) is 14.1 Å². The number of benzene rings is 1. The standard InChI is InChI=1S/C11H15NO2/c1-8-6-5-7-10(9(8)2)14-11(13)12(3)4/h5-7H,1-4H3. The Morgan fingerprint density at radius 1 is 1.29 bits per heavy atom. The Morgan fingerprint density at radius 2 is 1.93 bits per heavy atom. The van der Waals surface area contributed by atoms with E-state index in [1.54, 1.807) is 20.2 Å². The van der Waals surface area contributed by atoms with Crippen LogP contribution in [0.1, 0.15) is 11.1 Å². The lowest BCUT2D eigenvalue weighted by molar-refractivity contribution is 0.171. The first-order valence-electron chi connectivity index (χ1n) is 4.47. The van der Waals surface area contributed by atoms with E-state index in [4.69, 9.17) is 4.74 Å². The topological polar surface area (TPSA) is 29.5 Å². The molecule has 1 aromatic rings. The Balaban J connectivity index is 2.87. The van der Waals surface area contributed by atoms with Crippen molar-refractivity contribution in [2.45, 2.75) is 13.8 Å². The number of nitrogens with zero attached hydrogens (tertiary/aromatic N) is 1. The number of hydrogen-bond donors (Lipinski definition) is 0. The highest BCUT2D eigenvalue weighted by Gasteiger charge is 2.09. The van der Waals surface area contributed by atoms with Gasteiger partial charge in [0.25, 0.3) is 0 Å². The molecule has 0 bridgehead atoms. The fraction of sp³-hybridized carbons (Fsp3) is 0.364. The Labute approximate surface area is 84.3 Å². The first kappa shape index (κ1) is 10.6. The van der Waals surface area contributed by atoms with E-state index in [0.717, 1.165) is 11.1 Å². The lowest BCUT2D eigenvalue weighted by Crippen LogP contribution is -2.25. The molecule has 14 heavy (non-hydrogen) atoms. The van der Waals surface area contributed by atoms with Crippen LogP contribution < -0.4 is 4.74 Å². The summed E-state index contributed by atoms with van der Waals surface area (Å²) in [6, 6.07) is 5.66. The zero-order valence-electron chi connectivity index (χ0n) is 9.00. The fourth-order valence-electron chi connectivity index (χ4n) is 1.02. The number of amides is 1. The minimum atomic E-state index is -0.348. The molecule has 3 heteroatoms. The highest BCUT2D eigenvalue weighted by molar-refractivity contribution is 5.70. The third-order valence-electron chi connectivity index (χ3n) is 2.12. The predicted molar refractivity (Wildman–Crippen MR) is 55.6 cm³/mol. The van der Waals surface area contributed by atoms with Crippen molar-refractivity contribution in [3.8, 4) is 5.75 Å². The van der Waals surface area contributed by atoms with Gasteiger partial charge in [-0.1, -0.05) is 12.1 Å². The molecule has 1 amide bonds. The number of aryl methyl sites for hydroxylation is 1. The molecule has 3 nitrogen and oxygen atoms in total. The van der Waals surface area contributed by atoms with Gasteiger partial charge in [0.2, 0.25) is 0 Å². The van der Waals surface area contributed by atoms with Crippen LogP contribution >= 0.6 is 0 Å². The molecule has 0 aliphatic rings. The summed E-state index contributed by atoms with van der Waals surface area (Å²) < 4.78 is 5.17. The summed E-state index contributed by atoms with van der Waals surface area (Å²) in [5.74, 6) is 0.628. The number of hydrogen-bond acceptors (Lipinski definition) is 2. The highest BCUT2D eigenvalue weighted by atomic mass is 16.6. The second kappa shape index (κ2) is 4.13. The van der Waals surface area contributed by atoms with E-state index in [1.165, 1.54) is 4.90 Å². The molecule has 0 unspecified atom stereocenters. The molecule has 0 fully saturated rings. The molecule has 0 N–H and O–H groups in total. The van der Waals surface area contributed by atoms with Crippen molar-refractivity contribution in [1.82, 2.24) is 4.90 Å². The Kier molecular flexibility index (Phi) is 3.12. The molecule has 0 radical (unpaired) electrons. The SMILES string of the molecule is Cc1cccc(OC(=O)N(C)C)c1C. The van der Waals surface area contributed by atoms with E-state index in [1.807, 2.05) is 26.0 Å². The maximum atomic E-state index is 11.3. The Bertz CT molecular complexity index is 345. The molecule has 0 atom stereocenters. The summed E-state index contributed by atoms with van der Waals surface area (Å²) in [5.41, 5.74) is 2.12. The third kappa shape index (κ3) is 2.25. The van der Waals surface area contributed by atoms with E-state index in [0.29, 0.717) is 5.75 Å². The van der Waals surface area contributed by atoms with Crippen LogP contribution in [0.15, 0.2) is 18.2 Å². The van der Waals surface area contributed by atoms with Gasteiger partial charge in [-0.05, 0) is 31.0 Å². The average Bonchev–Trinajstić information content (AvgIpc) is 2.12. The molecule has 0 saturated heterocycles. The number of carbonyl (C=O) groups excluding carboxylic acids is 1. The molecule has 0 spiro atoms. The molecule has 0 aliphatic heterocycles. The molecule has 1 rings (SSSR count). The van der Waals surface area contributed by atoms with Gasteiger partial charge in [-0.2, -0.15) is 0 Å². The number of carbonyl (C=O) groups is 1. The van der Waals surface area contributed by atoms with Gasteiger partial charge in [-0.3, -0.25) is 0 Å². The maximum absolute atomic E-state index is 11.3. The van der Waals surface area contributed by atoms with Crippen LogP contribution in [0.3, 0.4) is 0 Å². The smallest absolute Gasteiger partial charge is 0.410 e. The first-order valence-corrected chi connectivity index (χ1v) is 4.47. The lowest BCUT2D eigenvalue weighted by atomic mass is 10.1. The van der Waals surface area contributed by atoms with Crippen molar-refractivity contribution >= 4 is 6.09 Å². The molecule has 76 valence electrons. The fourth-order valence-corrected chi connectivity index (χ4v) is 1.02. The van der Waals surface area contributed by atoms with Crippen molar-refractivity contribution in [1.29, 1.82) is 0 Å². The van der Waals surface area contributed by atoms with E-state index >= 15 is 0 Å². The van der Waals surface area contributed by atoms with Crippen molar-refractivity contribution in [3.05, 3.63) is 29.3 Å². The Morgan fingerprint density at radius 3 is 2.50 bits per heavy atom. The van der Waals surface area contributed by atoms with Gasteiger partial charge in [0.1, 0.15) is 5.75 Å². The Hall–Kier alpha value is -1.51. The summed E-state index contributed by atoms with van der Waals surface area (Å²) in [4.78, 5) is 12.7. The largest absolute Gasteiger partial charge is 0.414 e. The number of ether oxygens (including phenoxy) is 1. The van der Waals surface area contributed by atoms with Gasteiger partial charge in [-0.15, -0.1) is 0 Å². The first-order chi connectivity index (χ1) is 6.52. The van der Waals surface area contributed by atoms with Crippen molar-refractivity contribution in [2.24, 2.45) is 0 Å². The van der Waals surface area contributed by atoms with Gasteiger partial charge in [-0.25, -0.2) is 4.79 Å². The quantitative estimate of drug-likeness (QED) is 0.685. The molecular formula is C11H15NO2. The van der Waals surface area contributed by atoms with E-state index in [9.17, 15) is 4.79 Å². The molecule has 0 aliphatic carbocycles. The highest BCUT2D eigenvalue weighted by Crippen LogP contribution is 2.20. The van der Waals surface area contributed by atoms with E-state index < -0.39 is 0 Å². The summed E-state index contributed by atoms with van der Waals surface area (Å²) >= 11 is 0. The zero-order chi connectivity index (χ0) is 10.7. The van der Waals surface area contributed by atoms with Crippen LogP contribution in [0.4, 0.5) is 4.79 Å². The van der Waals surface area contributed by atoms with Gasteiger partial charge in [0.05, 0.1) is 0 Å². The molecular weight excluding hydrogens is 178 g/mol. The maximum Gasteiger partial charge on any atom is 0.414 e. The number of rotatable bonds is 1. The molecule has 1 aromatic carbocycles. The molecule has 0 aromatic heterocycles. The second-order valence-corrected chi connectivity index (χ2v) is 3.46. The lowest BCUT2D eigenvalue weighted by Gasteiger charge is -2.13. The van der Waals surface area contributed by atoms with Crippen LogP contribution in [-0.2, 0) is 0 Å². The van der Waals surface area contributed by atoms with Crippen molar-refractivity contribution in [3.63, 3.8) is 0 Å². The summed E-state index contributed by atoms with van der Waals surface area (Å²) in [6.07, 6.45) is -0.348. The van der Waals surface area contributed by atoms with Crippen LogP contribution in [0.2, 0.25) is 0 Å². The zero-order valence-corrected chi connectivity index (χ0v) is 9.00. The monoisotopic (exact) mass is 193 g/mol. The van der Waals surface area contributed by atoms with Crippen LogP contribution in [-0.4, -0.2) is 25.1 Å². The van der Waals surface area contributed by atoms with Crippen molar-refractivity contribution in [2.75, 3.05) is 14.1 Å². The normalized spacial score (nSPS) is 9.71. The summed E-state index contributed by atoms with van der Waals surface area (Å²) in [5, 5.41) is 0. The van der Waals surface area contributed by atoms with Gasteiger partial charge in [0.15, 0.2) is 0 Å². The van der Waals surface area contributed by atoms with E-state index in [2.05, 4.69) is 0 Å². The van der Waals surface area contributed by atoms with E-state index in [-0.39, 0.29) is 6.09 Å². The third-order valence-corrected chi connectivity index (χ3v) is 2.12. The minimum Gasteiger partial charge on any atom is -0.410 e. The van der Waals surface area contributed by atoms with Crippen molar-refractivity contribution < 1.29 is 9.53 Å².